The number of nitriles is 1. The van der Waals surface area contributed by atoms with E-state index in [9.17, 15) is 20.0 Å². The number of rotatable bonds is 4. The molecule has 4 rings (SSSR count). The molecule has 154 valence electrons. The first-order chi connectivity index (χ1) is 14.8. The molecule has 0 radical (unpaired) electrons. The fraction of sp³-hybridized carbons (Fsp3) is 0.167. The van der Waals surface area contributed by atoms with E-state index in [1.165, 1.54) is 6.92 Å². The number of fused-ring (bicyclic) bond motifs is 1. The van der Waals surface area contributed by atoms with Gasteiger partial charge in [-0.05, 0) is 49.6 Å². The average Bonchev–Trinajstić information content (AvgIpc) is 3.08. The maximum atomic E-state index is 13.5. The first kappa shape index (κ1) is 20.1. The molecule has 1 N–H and O–H groups in total. The first-order valence-electron chi connectivity index (χ1n) is 9.63. The number of pyridine rings is 2. The molecule has 0 atom stereocenters. The Balaban J connectivity index is 1.93. The highest BCUT2D eigenvalue weighted by Gasteiger charge is 2.28. The summed E-state index contributed by atoms with van der Waals surface area (Å²) in [4.78, 5) is 30.3. The summed E-state index contributed by atoms with van der Waals surface area (Å²) >= 11 is 0. The van der Waals surface area contributed by atoms with Crippen molar-refractivity contribution in [3.63, 3.8) is 0 Å². The summed E-state index contributed by atoms with van der Waals surface area (Å²) in [6, 6.07) is 10.9. The Kier molecular flexibility index (Phi) is 4.91. The molecule has 7 nitrogen and oxygen atoms in total. The highest BCUT2D eigenvalue weighted by molar-refractivity contribution is 6.12. The highest BCUT2D eigenvalue weighted by atomic mass is 16.3. The Morgan fingerprint density at radius 2 is 2.00 bits per heavy atom. The van der Waals surface area contributed by atoms with Crippen LogP contribution < -0.4 is 5.56 Å². The van der Waals surface area contributed by atoms with Crippen LogP contribution in [0, 0.1) is 32.1 Å². The standard InChI is InChI=1S/C24H19N3O4/c1-13-6-7-17-15(3)22(31-19(17)9-13)21(28)20-14(2)18(10-25)23(29)27(24(20)30)12-16-5-4-8-26-11-16/h4-9,11,30H,12H2,1-3H3. The van der Waals surface area contributed by atoms with E-state index in [1.54, 1.807) is 31.5 Å². The molecule has 0 aliphatic rings. The van der Waals surface area contributed by atoms with Gasteiger partial charge in [-0.1, -0.05) is 18.2 Å². The lowest BCUT2D eigenvalue weighted by Gasteiger charge is -2.15. The van der Waals surface area contributed by atoms with Crippen molar-refractivity contribution in [3.8, 4) is 11.9 Å². The molecule has 0 unspecified atom stereocenters. The molecule has 0 aliphatic carbocycles. The zero-order valence-corrected chi connectivity index (χ0v) is 17.3. The van der Waals surface area contributed by atoms with Gasteiger partial charge in [0, 0.05) is 23.3 Å². The molecule has 31 heavy (non-hydrogen) atoms. The summed E-state index contributed by atoms with van der Waals surface area (Å²) in [6.45, 7) is 5.12. The molecule has 0 bridgehead atoms. The highest BCUT2D eigenvalue weighted by Crippen LogP contribution is 2.31. The van der Waals surface area contributed by atoms with Gasteiger partial charge in [-0.3, -0.25) is 19.1 Å². The summed E-state index contributed by atoms with van der Waals surface area (Å²) in [5.41, 5.74) is 1.93. The monoisotopic (exact) mass is 413 g/mol. The lowest BCUT2D eigenvalue weighted by atomic mass is 9.98. The van der Waals surface area contributed by atoms with Crippen LogP contribution in [0.5, 0.6) is 5.88 Å². The number of aryl methyl sites for hydroxylation is 2. The topological polar surface area (TPSA) is 109 Å². The molecule has 0 aliphatic heterocycles. The van der Waals surface area contributed by atoms with Crippen LogP contribution in [0.2, 0.25) is 0 Å². The van der Waals surface area contributed by atoms with Crippen LogP contribution in [0.1, 0.15) is 43.9 Å². The van der Waals surface area contributed by atoms with Crippen LogP contribution in [0.3, 0.4) is 0 Å². The van der Waals surface area contributed by atoms with E-state index < -0.39 is 17.2 Å². The van der Waals surface area contributed by atoms with Gasteiger partial charge in [0.1, 0.15) is 17.2 Å². The maximum absolute atomic E-state index is 13.5. The second kappa shape index (κ2) is 7.58. The number of ketones is 1. The minimum absolute atomic E-state index is 0.0357. The molecule has 0 fully saturated rings. The number of nitrogens with zero attached hydrogens (tertiary/aromatic N) is 3. The van der Waals surface area contributed by atoms with Crippen LogP contribution in [-0.2, 0) is 6.54 Å². The Morgan fingerprint density at radius 1 is 1.23 bits per heavy atom. The van der Waals surface area contributed by atoms with Gasteiger partial charge in [0.05, 0.1) is 12.1 Å². The zero-order chi connectivity index (χ0) is 22.3. The van der Waals surface area contributed by atoms with E-state index in [4.69, 9.17) is 4.42 Å². The Bertz CT molecular complexity index is 1440. The number of carbonyl (C=O) groups is 1. The van der Waals surface area contributed by atoms with Crippen molar-refractivity contribution < 1.29 is 14.3 Å². The van der Waals surface area contributed by atoms with Crippen LogP contribution >= 0.6 is 0 Å². The fourth-order valence-corrected chi connectivity index (χ4v) is 3.71. The SMILES string of the molecule is Cc1ccc2c(C)c(C(=O)c3c(C)c(C#N)c(=O)n(Cc4cccnc4)c3O)oc2c1. The summed E-state index contributed by atoms with van der Waals surface area (Å²) < 4.78 is 6.84. The van der Waals surface area contributed by atoms with Gasteiger partial charge in [0.2, 0.25) is 11.7 Å². The van der Waals surface area contributed by atoms with Crippen molar-refractivity contribution in [1.82, 2.24) is 9.55 Å². The Hall–Kier alpha value is -4.18. The van der Waals surface area contributed by atoms with E-state index in [0.717, 1.165) is 15.5 Å². The van der Waals surface area contributed by atoms with Crippen molar-refractivity contribution in [2.45, 2.75) is 27.3 Å². The van der Waals surface area contributed by atoms with Crippen LogP contribution in [0.25, 0.3) is 11.0 Å². The minimum Gasteiger partial charge on any atom is -0.494 e. The van der Waals surface area contributed by atoms with Gasteiger partial charge in [-0.15, -0.1) is 0 Å². The number of furan rings is 1. The largest absolute Gasteiger partial charge is 0.494 e. The Labute approximate surface area is 177 Å². The molecule has 4 aromatic rings. The number of carbonyl (C=O) groups excluding carboxylic acids is 1. The first-order valence-corrected chi connectivity index (χ1v) is 9.63. The smallest absolute Gasteiger partial charge is 0.271 e. The van der Waals surface area contributed by atoms with Gasteiger partial charge < -0.3 is 9.52 Å². The normalized spacial score (nSPS) is 10.9. The average molecular weight is 413 g/mol. The summed E-state index contributed by atoms with van der Waals surface area (Å²) in [5, 5.41) is 21.3. The van der Waals surface area contributed by atoms with E-state index in [0.29, 0.717) is 16.7 Å². The number of benzene rings is 1. The number of aromatic nitrogens is 2. The molecule has 0 saturated carbocycles. The van der Waals surface area contributed by atoms with Crippen molar-refractivity contribution in [1.29, 1.82) is 5.26 Å². The third kappa shape index (κ3) is 3.28. The van der Waals surface area contributed by atoms with E-state index in [-0.39, 0.29) is 29.0 Å². The molecule has 0 amide bonds. The second-order valence-electron chi connectivity index (χ2n) is 7.45. The van der Waals surface area contributed by atoms with E-state index in [2.05, 4.69) is 4.98 Å². The van der Waals surface area contributed by atoms with Gasteiger partial charge in [-0.2, -0.15) is 5.26 Å². The predicted octanol–water partition coefficient (Wildman–Crippen LogP) is 3.77. The minimum atomic E-state index is -0.671. The van der Waals surface area contributed by atoms with Crippen LogP contribution in [0.15, 0.2) is 51.9 Å². The molecule has 7 heteroatoms. The lowest BCUT2D eigenvalue weighted by Crippen LogP contribution is -2.27. The van der Waals surface area contributed by atoms with Gasteiger partial charge >= 0.3 is 0 Å². The molecule has 0 spiro atoms. The molecular formula is C24H19N3O4. The van der Waals surface area contributed by atoms with Gasteiger partial charge in [0.25, 0.3) is 5.56 Å². The summed E-state index contributed by atoms with van der Waals surface area (Å²) in [6.07, 6.45) is 3.13. The Morgan fingerprint density at radius 3 is 2.68 bits per heavy atom. The van der Waals surface area contributed by atoms with Crippen molar-refractivity contribution >= 4 is 16.8 Å². The summed E-state index contributed by atoms with van der Waals surface area (Å²) in [7, 11) is 0. The number of aromatic hydroxyl groups is 1. The van der Waals surface area contributed by atoms with Gasteiger partial charge in [-0.25, -0.2) is 0 Å². The molecule has 3 heterocycles. The van der Waals surface area contributed by atoms with Crippen molar-refractivity contribution in [2.75, 3.05) is 0 Å². The molecule has 1 aromatic carbocycles. The molecule has 0 saturated heterocycles. The second-order valence-corrected chi connectivity index (χ2v) is 7.45. The fourth-order valence-electron chi connectivity index (χ4n) is 3.71. The summed E-state index contributed by atoms with van der Waals surface area (Å²) in [5.74, 6) is -1.03. The van der Waals surface area contributed by atoms with Crippen molar-refractivity contribution in [3.05, 3.63) is 92.2 Å². The quantitative estimate of drug-likeness (QED) is 0.510. The van der Waals surface area contributed by atoms with Crippen LogP contribution in [0.4, 0.5) is 0 Å². The lowest BCUT2D eigenvalue weighted by molar-refractivity contribution is 0.101. The van der Waals surface area contributed by atoms with Crippen molar-refractivity contribution in [2.24, 2.45) is 0 Å². The van der Waals surface area contributed by atoms with Crippen LogP contribution in [-0.4, -0.2) is 20.4 Å². The van der Waals surface area contributed by atoms with Gasteiger partial charge in [0.15, 0.2) is 5.76 Å². The predicted molar refractivity (Wildman–Crippen MR) is 114 cm³/mol. The molecule has 3 aromatic heterocycles. The molecular weight excluding hydrogens is 394 g/mol. The number of hydrogen-bond acceptors (Lipinski definition) is 6. The third-order valence-corrected chi connectivity index (χ3v) is 5.39. The third-order valence-electron chi connectivity index (χ3n) is 5.39. The zero-order valence-electron chi connectivity index (χ0n) is 17.3. The maximum Gasteiger partial charge on any atom is 0.271 e. The van der Waals surface area contributed by atoms with E-state index >= 15 is 0 Å². The number of hydrogen-bond donors (Lipinski definition) is 1. The van der Waals surface area contributed by atoms with E-state index in [1.807, 2.05) is 31.2 Å².